The summed E-state index contributed by atoms with van der Waals surface area (Å²) in [7, 11) is 0. The van der Waals surface area contributed by atoms with Crippen molar-refractivity contribution in [3.05, 3.63) is 35.9 Å². The topological polar surface area (TPSA) is 49.3 Å². The molecule has 0 unspecified atom stereocenters. The second-order valence-electron chi connectivity index (χ2n) is 3.05. The zero-order chi connectivity index (χ0) is 20.4. The Bertz CT molecular complexity index is 725. The van der Waals surface area contributed by atoms with Gasteiger partial charge in [0.25, 0.3) is 0 Å². The zero-order valence-electron chi connectivity index (χ0n) is 18.2. The molecule has 0 aliphatic carbocycles. The van der Waals surface area contributed by atoms with E-state index < -0.39 is 43.5 Å². The molecule has 0 aromatic heterocycles. The molecule has 2 atom stereocenters. The van der Waals surface area contributed by atoms with Gasteiger partial charge in [0.2, 0.25) is 0 Å². The highest BCUT2D eigenvalue weighted by Gasteiger charge is 2.30. The molecular weight excluding hydrogens is 202 g/mol. The van der Waals surface area contributed by atoms with Crippen LogP contribution in [0.3, 0.4) is 0 Å². The maximum Gasteiger partial charge on any atom is 0.312 e. The number of aliphatic carboxylic acids is 1. The summed E-state index contributed by atoms with van der Waals surface area (Å²) in [5.74, 6) is -5.20. The van der Waals surface area contributed by atoms with E-state index in [-0.39, 0.29) is 5.56 Å². The van der Waals surface area contributed by atoms with Gasteiger partial charge in [-0.05, 0) is 24.8 Å². The first-order chi connectivity index (χ1) is 11.5. The van der Waals surface area contributed by atoms with Gasteiger partial charge in [-0.1, -0.05) is 36.7 Å². The molecule has 3 nitrogen and oxygen atoms in total. The minimum Gasteiger partial charge on any atom is -0.481 e. The molecule has 0 spiro atoms. The lowest BCUT2D eigenvalue weighted by molar-refractivity contribution is -0.139. The van der Waals surface area contributed by atoms with Crippen LogP contribution in [0.5, 0.6) is 0 Å². The van der Waals surface area contributed by atoms with Gasteiger partial charge < -0.3 is 10.4 Å². The Balaban J connectivity index is 2.86. The molecule has 0 bridgehead atoms. The fourth-order valence-corrected chi connectivity index (χ4v) is 1.35. The molecule has 16 heavy (non-hydrogen) atoms. The number of benzene rings is 1. The van der Waals surface area contributed by atoms with Gasteiger partial charge in [-0.2, -0.15) is 0 Å². The number of hydrogen-bond acceptors (Lipinski definition) is 2. The molecule has 1 heterocycles. The minimum atomic E-state index is -3.63. The third-order valence-corrected chi connectivity index (χ3v) is 2.03. The van der Waals surface area contributed by atoms with Crippen LogP contribution in [0, 0.1) is 0 Å². The van der Waals surface area contributed by atoms with E-state index in [1.54, 1.807) is 5.32 Å². The van der Waals surface area contributed by atoms with E-state index in [9.17, 15) is 9.90 Å². The van der Waals surface area contributed by atoms with Crippen LogP contribution in [0.1, 0.15) is 44.3 Å². The largest absolute Gasteiger partial charge is 0.481 e. The smallest absolute Gasteiger partial charge is 0.312 e. The molecular formula is C13H17NO2. The van der Waals surface area contributed by atoms with Crippen LogP contribution in [-0.2, 0) is 4.79 Å². The second-order valence-corrected chi connectivity index (χ2v) is 3.05. The maximum absolute atomic E-state index is 11.9. The summed E-state index contributed by atoms with van der Waals surface area (Å²) in [5.41, 5.74) is -0.382. The summed E-state index contributed by atoms with van der Waals surface area (Å²) in [6, 6.07) is 3.01. The van der Waals surface area contributed by atoms with Gasteiger partial charge in [0.05, 0.1) is 5.89 Å². The third kappa shape index (κ3) is 2.42. The summed E-state index contributed by atoms with van der Waals surface area (Å²) >= 11 is 0. The van der Waals surface area contributed by atoms with Crippen molar-refractivity contribution in [2.75, 3.05) is 6.50 Å². The number of piperidine rings is 1. The summed E-state index contributed by atoms with van der Waals surface area (Å²) < 4.78 is 79.7. The van der Waals surface area contributed by atoms with E-state index in [1.807, 2.05) is 0 Å². The van der Waals surface area contributed by atoms with Crippen LogP contribution in [-0.4, -0.2) is 23.6 Å². The normalized spacial score (nSPS) is 51.0. The van der Waals surface area contributed by atoms with Gasteiger partial charge in [0.15, 0.2) is 0 Å². The van der Waals surface area contributed by atoms with Crippen molar-refractivity contribution in [1.82, 2.24) is 5.32 Å². The van der Waals surface area contributed by atoms with Crippen LogP contribution in [0.2, 0.25) is 0 Å². The van der Waals surface area contributed by atoms with Crippen molar-refractivity contribution in [2.24, 2.45) is 0 Å². The molecule has 86 valence electrons. The van der Waals surface area contributed by atoms with Crippen molar-refractivity contribution >= 4 is 5.97 Å². The molecule has 1 saturated heterocycles. The molecule has 2 N–H and O–H groups in total. The molecule has 1 fully saturated rings. The molecule has 0 radical (unpaired) electrons. The average molecular weight is 229 g/mol. The second kappa shape index (κ2) is 5.12. The summed E-state index contributed by atoms with van der Waals surface area (Å²) in [6.07, 6.45) is -10.7. The number of nitrogens with one attached hydrogen (secondary N) is 1. The first-order valence-electron chi connectivity index (χ1n) is 9.59. The highest BCUT2D eigenvalue weighted by atomic mass is 16.4. The Hall–Kier alpha value is -1.35. The van der Waals surface area contributed by atoms with E-state index in [1.165, 1.54) is 18.2 Å². The molecule has 1 aromatic rings. The number of carboxylic acids is 1. The number of carbonyl (C=O) groups is 1. The fraction of sp³-hybridized carbons (Fsp3) is 0.462. The first-order valence-corrected chi connectivity index (χ1v) is 4.59. The molecule has 0 amide bonds. The highest BCUT2D eigenvalue weighted by Crippen LogP contribution is 2.25. The van der Waals surface area contributed by atoms with Crippen LogP contribution in [0.25, 0.3) is 0 Å². The lowest BCUT2D eigenvalue weighted by Gasteiger charge is -2.29. The van der Waals surface area contributed by atoms with Gasteiger partial charge in [-0.15, -0.1) is 0 Å². The van der Waals surface area contributed by atoms with E-state index in [2.05, 4.69) is 0 Å². The molecule has 1 aliphatic heterocycles. The lowest BCUT2D eigenvalue weighted by atomic mass is 9.86. The summed E-state index contributed by atoms with van der Waals surface area (Å²) in [5, 5.41) is 11.3. The van der Waals surface area contributed by atoms with Crippen LogP contribution in [0.15, 0.2) is 30.3 Å². The van der Waals surface area contributed by atoms with Gasteiger partial charge in [0, 0.05) is 19.7 Å². The maximum atomic E-state index is 11.9. The van der Waals surface area contributed by atoms with Crippen molar-refractivity contribution < 1.29 is 23.6 Å². The fourth-order valence-electron chi connectivity index (χ4n) is 1.35. The van der Waals surface area contributed by atoms with Crippen molar-refractivity contribution in [2.45, 2.75) is 31.0 Å². The standard InChI is InChI=1S/C13H17NO2/c15-13(16)12(10-6-2-1-3-7-10)11-8-4-5-9-14-11/h1-3,6-7,11-12,14H,4-5,8-9H2,(H,15,16)/t11-,12+/m1/s1/i4D2,5D2,8D2,9D2,11D,12D. The van der Waals surface area contributed by atoms with Crippen molar-refractivity contribution in [3.8, 4) is 0 Å². The van der Waals surface area contributed by atoms with E-state index >= 15 is 0 Å². The van der Waals surface area contributed by atoms with Gasteiger partial charge >= 0.3 is 5.97 Å². The van der Waals surface area contributed by atoms with Crippen LogP contribution >= 0.6 is 0 Å². The zero-order valence-corrected chi connectivity index (χ0v) is 8.24. The number of rotatable bonds is 3. The van der Waals surface area contributed by atoms with Crippen LogP contribution in [0.4, 0.5) is 0 Å². The molecule has 0 saturated carbocycles. The lowest BCUT2D eigenvalue weighted by Crippen LogP contribution is -2.41. The minimum absolute atomic E-state index is 0.382. The average Bonchev–Trinajstić information content (AvgIpc) is 2.52. The molecule has 3 heteroatoms. The Morgan fingerprint density at radius 3 is 3.00 bits per heavy atom. The van der Waals surface area contributed by atoms with E-state index in [0.717, 1.165) is 12.1 Å². The SMILES string of the molecule is [2H]C1([2H])N[C@@]([2H])([C@@]([2H])(C(=O)O)c2ccccc2)C([2H])([2H])C([2H])([2H])C1([2H])[2H]. The van der Waals surface area contributed by atoms with Crippen molar-refractivity contribution in [1.29, 1.82) is 0 Å². The summed E-state index contributed by atoms with van der Waals surface area (Å²) in [4.78, 5) is 11.9. The van der Waals surface area contributed by atoms with Crippen LogP contribution < -0.4 is 5.32 Å². The predicted octanol–water partition coefficient (Wildman–Crippen LogP) is 2.00. The number of carboxylic acid groups (broad SMARTS) is 1. The quantitative estimate of drug-likeness (QED) is 0.833. The highest BCUT2D eigenvalue weighted by molar-refractivity contribution is 5.77. The molecule has 1 aliphatic rings. The summed E-state index contributed by atoms with van der Waals surface area (Å²) in [6.45, 7) is -3.33. The molecule has 1 aromatic carbocycles. The Morgan fingerprint density at radius 1 is 1.56 bits per heavy atom. The van der Waals surface area contributed by atoms with Crippen molar-refractivity contribution in [3.63, 3.8) is 0 Å². The molecule has 2 rings (SSSR count). The Labute approximate surface area is 110 Å². The third-order valence-electron chi connectivity index (χ3n) is 2.03. The first kappa shape index (κ1) is 4.15. The van der Waals surface area contributed by atoms with Gasteiger partial charge in [0.1, 0.15) is 0 Å². The van der Waals surface area contributed by atoms with Gasteiger partial charge in [-0.3, -0.25) is 4.79 Å². The number of hydrogen-bond donors (Lipinski definition) is 2. The van der Waals surface area contributed by atoms with Gasteiger partial charge in [-0.25, -0.2) is 0 Å². The Kier molecular flexibility index (Phi) is 1.33. The Morgan fingerprint density at radius 2 is 2.31 bits per heavy atom. The monoisotopic (exact) mass is 229 g/mol. The van der Waals surface area contributed by atoms with E-state index in [0.29, 0.717) is 0 Å². The predicted molar refractivity (Wildman–Crippen MR) is 62.5 cm³/mol. The van der Waals surface area contributed by atoms with E-state index in [4.69, 9.17) is 13.7 Å².